The summed E-state index contributed by atoms with van der Waals surface area (Å²) >= 11 is 6.16. The minimum Gasteiger partial charge on any atom is -0.328 e. The Labute approximate surface area is 158 Å². The highest BCUT2D eigenvalue weighted by atomic mass is 35.5. The normalized spacial score (nSPS) is 22.7. The Kier molecular flexibility index (Phi) is 6.25. The maximum atomic E-state index is 12.7. The topological polar surface area (TPSA) is 68.8 Å². The third kappa shape index (κ3) is 4.61. The summed E-state index contributed by atoms with van der Waals surface area (Å²) in [5.74, 6) is 6.44. The highest BCUT2D eigenvalue weighted by molar-refractivity contribution is 6.29. The van der Waals surface area contributed by atoms with E-state index in [1.807, 2.05) is 19.3 Å². The molecular formula is C19H23ClFN5. The minimum absolute atomic E-state index is 0.120. The SMILES string of the molecule is Cn1cc(C#Cc2cnc(Cl)cc2C2C[C@@H](N)CC[C@@H]2NCCF)cn1. The molecule has 1 saturated carbocycles. The van der Waals surface area contributed by atoms with Crippen molar-refractivity contribution in [3.05, 3.63) is 46.5 Å². The summed E-state index contributed by atoms with van der Waals surface area (Å²) in [5.41, 5.74) is 8.89. The molecule has 7 heteroatoms. The fourth-order valence-corrected chi connectivity index (χ4v) is 3.68. The lowest BCUT2D eigenvalue weighted by atomic mass is 9.77. The van der Waals surface area contributed by atoms with Crippen LogP contribution < -0.4 is 11.1 Å². The van der Waals surface area contributed by atoms with E-state index >= 15 is 0 Å². The summed E-state index contributed by atoms with van der Waals surface area (Å²) in [6.45, 7) is -0.0496. The van der Waals surface area contributed by atoms with E-state index in [9.17, 15) is 4.39 Å². The van der Waals surface area contributed by atoms with Crippen LogP contribution in [0.25, 0.3) is 0 Å². The van der Waals surface area contributed by atoms with Crippen LogP contribution in [-0.2, 0) is 7.05 Å². The maximum absolute atomic E-state index is 12.7. The predicted molar refractivity (Wildman–Crippen MR) is 101 cm³/mol. The lowest BCUT2D eigenvalue weighted by molar-refractivity contribution is 0.292. The zero-order valence-corrected chi connectivity index (χ0v) is 15.5. The Hall–Kier alpha value is -1.94. The lowest BCUT2D eigenvalue weighted by Crippen LogP contribution is -2.44. The number of nitrogens with zero attached hydrogens (tertiary/aromatic N) is 3. The molecule has 1 aliphatic rings. The van der Waals surface area contributed by atoms with Gasteiger partial charge in [-0.25, -0.2) is 9.37 Å². The number of hydrogen-bond acceptors (Lipinski definition) is 4. The summed E-state index contributed by atoms with van der Waals surface area (Å²) in [6, 6.07) is 2.14. The van der Waals surface area contributed by atoms with Crippen LogP contribution in [0.1, 0.15) is 41.9 Å². The number of hydrogen-bond donors (Lipinski definition) is 2. The van der Waals surface area contributed by atoms with E-state index in [1.165, 1.54) is 0 Å². The van der Waals surface area contributed by atoms with Crippen LogP contribution in [-0.4, -0.2) is 40.1 Å². The first-order chi connectivity index (χ1) is 12.6. The number of nitrogens with two attached hydrogens (primary N) is 1. The first-order valence-electron chi connectivity index (χ1n) is 8.78. The van der Waals surface area contributed by atoms with Crippen molar-refractivity contribution in [2.75, 3.05) is 13.2 Å². The molecule has 3 N–H and O–H groups in total. The van der Waals surface area contributed by atoms with Gasteiger partial charge in [-0.15, -0.1) is 0 Å². The van der Waals surface area contributed by atoms with E-state index in [2.05, 4.69) is 27.2 Å². The molecule has 5 nitrogen and oxygen atoms in total. The Morgan fingerprint density at radius 3 is 2.96 bits per heavy atom. The van der Waals surface area contributed by atoms with E-state index in [0.717, 1.165) is 36.0 Å². The molecule has 1 fully saturated rings. The van der Waals surface area contributed by atoms with E-state index < -0.39 is 0 Å². The summed E-state index contributed by atoms with van der Waals surface area (Å²) < 4.78 is 14.4. The summed E-state index contributed by atoms with van der Waals surface area (Å²) in [7, 11) is 1.85. The number of pyridine rings is 1. The molecule has 3 atom stereocenters. The number of nitrogens with one attached hydrogen (secondary N) is 1. The summed E-state index contributed by atoms with van der Waals surface area (Å²) in [5, 5.41) is 7.86. The number of aryl methyl sites for hydroxylation is 1. The zero-order valence-electron chi connectivity index (χ0n) is 14.8. The second-order valence-corrected chi connectivity index (χ2v) is 7.06. The van der Waals surface area contributed by atoms with Crippen molar-refractivity contribution in [3.63, 3.8) is 0 Å². The molecule has 0 radical (unpaired) electrons. The van der Waals surface area contributed by atoms with Gasteiger partial charge >= 0.3 is 0 Å². The maximum Gasteiger partial charge on any atom is 0.129 e. The zero-order chi connectivity index (χ0) is 18.5. The third-order valence-electron chi connectivity index (χ3n) is 4.74. The fourth-order valence-electron chi connectivity index (χ4n) is 3.51. The molecule has 2 heterocycles. The Morgan fingerprint density at radius 1 is 1.38 bits per heavy atom. The minimum atomic E-state index is -0.389. The molecular weight excluding hydrogens is 353 g/mol. The molecule has 2 aromatic rings. The van der Waals surface area contributed by atoms with E-state index in [1.54, 1.807) is 17.1 Å². The van der Waals surface area contributed by atoms with Crippen molar-refractivity contribution in [2.45, 2.75) is 37.3 Å². The van der Waals surface area contributed by atoms with Crippen LogP contribution in [0, 0.1) is 11.8 Å². The van der Waals surface area contributed by atoms with Crippen LogP contribution in [0.4, 0.5) is 4.39 Å². The Morgan fingerprint density at radius 2 is 2.23 bits per heavy atom. The van der Waals surface area contributed by atoms with Gasteiger partial charge in [-0.1, -0.05) is 23.4 Å². The van der Waals surface area contributed by atoms with E-state index in [4.69, 9.17) is 17.3 Å². The first kappa shape index (κ1) is 18.8. The molecule has 0 saturated heterocycles. The van der Waals surface area contributed by atoms with Crippen LogP contribution in [0.2, 0.25) is 5.15 Å². The number of aromatic nitrogens is 3. The van der Waals surface area contributed by atoms with Crippen LogP contribution in [0.5, 0.6) is 0 Å². The molecule has 0 amide bonds. The van der Waals surface area contributed by atoms with Crippen LogP contribution in [0.15, 0.2) is 24.7 Å². The van der Waals surface area contributed by atoms with Gasteiger partial charge in [0.15, 0.2) is 0 Å². The lowest BCUT2D eigenvalue weighted by Gasteiger charge is -2.36. The van der Waals surface area contributed by atoms with Crippen LogP contribution in [0.3, 0.4) is 0 Å². The van der Waals surface area contributed by atoms with Gasteiger partial charge in [0.25, 0.3) is 0 Å². The quantitative estimate of drug-likeness (QED) is 0.636. The van der Waals surface area contributed by atoms with Gasteiger partial charge in [0.05, 0.1) is 11.8 Å². The van der Waals surface area contributed by atoms with E-state index in [-0.39, 0.29) is 24.7 Å². The molecule has 3 rings (SSSR count). The molecule has 0 spiro atoms. The molecule has 1 aliphatic carbocycles. The van der Waals surface area contributed by atoms with Gasteiger partial charge in [-0.3, -0.25) is 4.68 Å². The average Bonchev–Trinajstić information content (AvgIpc) is 3.05. The number of halogens is 2. The van der Waals surface area contributed by atoms with Crippen LogP contribution >= 0.6 is 11.6 Å². The largest absolute Gasteiger partial charge is 0.328 e. The third-order valence-corrected chi connectivity index (χ3v) is 4.95. The molecule has 2 aromatic heterocycles. The average molecular weight is 376 g/mol. The second-order valence-electron chi connectivity index (χ2n) is 6.68. The van der Waals surface area contributed by atoms with Gasteiger partial charge < -0.3 is 11.1 Å². The predicted octanol–water partition coefficient (Wildman–Crippen LogP) is 2.39. The molecule has 0 bridgehead atoms. The van der Waals surface area contributed by atoms with Gasteiger partial charge in [-0.2, -0.15) is 5.10 Å². The first-order valence-corrected chi connectivity index (χ1v) is 9.15. The highest BCUT2D eigenvalue weighted by Crippen LogP contribution is 2.35. The molecule has 0 aliphatic heterocycles. The Bertz CT molecular complexity index is 808. The monoisotopic (exact) mass is 375 g/mol. The standard InChI is InChI=1S/C19H23ClFN5/c1-26-12-13(10-25-26)2-3-14-11-24-19(20)9-16(14)17-8-15(22)4-5-18(17)23-7-6-21/h9-12,15,17-18,23H,4-8,22H2,1H3/t15-,17?,18-/m0/s1. The van der Waals surface area contributed by atoms with Crippen molar-refractivity contribution >= 4 is 11.6 Å². The van der Waals surface area contributed by atoms with Crippen molar-refractivity contribution in [1.29, 1.82) is 0 Å². The van der Waals surface area contributed by atoms with Gasteiger partial charge in [0.1, 0.15) is 11.8 Å². The van der Waals surface area contributed by atoms with Gasteiger partial charge in [0.2, 0.25) is 0 Å². The molecule has 26 heavy (non-hydrogen) atoms. The molecule has 1 unspecified atom stereocenters. The molecule has 138 valence electrons. The van der Waals surface area contributed by atoms with Crippen molar-refractivity contribution in [2.24, 2.45) is 12.8 Å². The van der Waals surface area contributed by atoms with E-state index in [0.29, 0.717) is 11.7 Å². The van der Waals surface area contributed by atoms with Gasteiger partial charge in [-0.05, 0) is 30.9 Å². The molecule has 0 aromatic carbocycles. The summed E-state index contributed by atoms with van der Waals surface area (Å²) in [4.78, 5) is 4.19. The van der Waals surface area contributed by atoms with Crippen molar-refractivity contribution in [3.8, 4) is 11.8 Å². The van der Waals surface area contributed by atoms with Crippen molar-refractivity contribution in [1.82, 2.24) is 20.1 Å². The van der Waals surface area contributed by atoms with Gasteiger partial charge in [0, 0.05) is 49.6 Å². The number of rotatable bonds is 4. The Balaban J connectivity index is 1.94. The summed E-state index contributed by atoms with van der Waals surface area (Å²) in [6.07, 6.45) is 7.92. The highest BCUT2D eigenvalue weighted by Gasteiger charge is 2.31. The smallest absolute Gasteiger partial charge is 0.129 e. The number of alkyl halides is 1. The van der Waals surface area contributed by atoms with Crippen molar-refractivity contribution < 1.29 is 4.39 Å². The second kappa shape index (κ2) is 8.63. The fraction of sp³-hybridized carbons (Fsp3) is 0.474.